The summed E-state index contributed by atoms with van der Waals surface area (Å²) in [5.74, 6) is 0. The quantitative estimate of drug-likeness (QED) is 0.297. The van der Waals surface area contributed by atoms with Crippen molar-refractivity contribution in [2.45, 2.75) is 34.6 Å². The minimum atomic E-state index is 0.913. The van der Waals surface area contributed by atoms with Gasteiger partial charge in [-0.3, -0.25) is 0 Å². The molecule has 0 unspecified atom stereocenters. The Morgan fingerprint density at radius 1 is 0.633 bits per heavy atom. The average Bonchev–Trinajstić information content (AvgIpc) is 2.75. The fourth-order valence-electron chi connectivity index (χ4n) is 2.56. The van der Waals surface area contributed by atoms with Crippen LogP contribution in [0.15, 0.2) is 145 Å². The summed E-state index contributed by atoms with van der Waals surface area (Å²) in [5.41, 5.74) is 5.02. The summed E-state index contributed by atoms with van der Waals surface area (Å²) in [6, 6.07) is 0. The van der Waals surface area contributed by atoms with E-state index in [9.17, 15) is 0 Å². The maximum absolute atomic E-state index is 4.16. The Morgan fingerprint density at radius 2 is 1.30 bits per heavy atom. The number of hydrogen-bond acceptors (Lipinski definition) is 1. The summed E-state index contributed by atoms with van der Waals surface area (Å²) in [4.78, 5) is 2.14. The number of hydrogen-bond donors (Lipinski definition) is 0. The zero-order chi connectivity index (χ0) is 22.8. The molecule has 0 aromatic heterocycles. The smallest absolute Gasteiger partial charge is 0.0457 e. The molecule has 0 saturated carbocycles. The van der Waals surface area contributed by atoms with Crippen LogP contribution in [0.3, 0.4) is 0 Å². The lowest BCUT2D eigenvalue weighted by Gasteiger charge is -2.28. The van der Waals surface area contributed by atoms with Crippen LogP contribution < -0.4 is 0 Å². The summed E-state index contributed by atoms with van der Waals surface area (Å²) < 4.78 is 0. The lowest BCUT2D eigenvalue weighted by molar-refractivity contribution is 0.577. The lowest BCUT2D eigenvalue weighted by atomic mass is 10.1. The van der Waals surface area contributed by atoms with E-state index in [1.54, 1.807) is 6.08 Å². The van der Waals surface area contributed by atoms with E-state index >= 15 is 0 Å². The standard InChI is InChI=1S/C29H37N/c1-9-16-20-27(14-6)30(29(18-11-3)19-12-4)28(15-7)24-22-25(8)21-23-26(13-5)17-10-2/h9-24H,3,6,8H2,1-2,4-5,7H3/b16-9-,17-10-,19-12-,23-21+,24-22-,26-13+,27-20+,28-15+,29-18+. The van der Waals surface area contributed by atoms with Gasteiger partial charge in [-0.05, 0) is 76.1 Å². The minimum Gasteiger partial charge on any atom is -0.311 e. The molecule has 0 radical (unpaired) electrons. The van der Waals surface area contributed by atoms with Gasteiger partial charge in [0.05, 0.1) is 0 Å². The van der Waals surface area contributed by atoms with Crippen LogP contribution in [0.25, 0.3) is 0 Å². The van der Waals surface area contributed by atoms with E-state index in [1.807, 2.05) is 89.3 Å². The summed E-state index contributed by atoms with van der Waals surface area (Å²) in [6.07, 6.45) is 32.1. The van der Waals surface area contributed by atoms with Crippen LogP contribution in [0.1, 0.15) is 34.6 Å². The predicted octanol–water partition coefficient (Wildman–Crippen LogP) is 8.68. The highest BCUT2D eigenvalue weighted by Gasteiger charge is 2.13. The van der Waals surface area contributed by atoms with E-state index < -0.39 is 0 Å². The van der Waals surface area contributed by atoms with Crippen molar-refractivity contribution in [1.82, 2.24) is 4.90 Å². The van der Waals surface area contributed by atoms with Crippen LogP contribution in [0.2, 0.25) is 0 Å². The highest BCUT2D eigenvalue weighted by molar-refractivity contribution is 5.43. The van der Waals surface area contributed by atoms with Gasteiger partial charge in [-0.25, -0.2) is 0 Å². The van der Waals surface area contributed by atoms with Crippen molar-refractivity contribution in [3.05, 3.63) is 145 Å². The summed E-state index contributed by atoms with van der Waals surface area (Å²) in [7, 11) is 0. The number of rotatable bonds is 12. The van der Waals surface area contributed by atoms with Gasteiger partial charge in [-0.15, -0.1) is 0 Å². The van der Waals surface area contributed by atoms with Crippen molar-refractivity contribution in [3.8, 4) is 0 Å². The molecule has 158 valence electrons. The SMILES string of the molecule is C=C/C=C(\C=C/C)N(/C(C=C)=C/C=C\C)C(/C=C\C(=C)/C=C/C(/C=C\C)=C/C)=C/C. The van der Waals surface area contributed by atoms with Crippen molar-refractivity contribution in [3.63, 3.8) is 0 Å². The molecule has 0 heterocycles. The Labute approximate surface area is 184 Å². The zero-order valence-corrected chi connectivity index (χ0v) is 19.3. The molecule has 0 fully saturated rings. The van der Waals surface area contributed by atoms with Gasteiger partial charge < -0.3 is 4.90 Å². The molecule has 0 aliphatic rings. The molecule has 0 bridgehead atoms. The second-order valence-electron chi connectivity index (χ2n) is 6.23. The maximum Gasteiger partial charge on any atom is 0.0457 e. The Hall–Kier alpha value is -3.32. The Balaban J connectivity index is 6.13. The van der Waals surface area contributed by atoms with E-state index in [1.165, 1.54) is 0 Å². The Morgan fingerprint density at radius 3 is 1.80 bits per heavy atom. The first-order valence-electron chi connectivity index (χ1n) is 10.2. The average molecular weight is 400 g/mol. The van der Waals surface area contributed by atoms with Gasteiger partial charge in [0, 0.05) is 17.1 Å². The van der Waals surface area contributed by atoms with E-state index in [4.69, 9.17) is 0 Å². The van der Waals surface area contributed by atoms with Gasteiger partial charge in [-0.1, -0.05) is 86.6 Å². The first kappa shape index (κ1) is 26.7. The van der Waals surface area contributed by atoms with Gasteiger partial charge in [0.25, 0.3) is 0 Å². The van der Waals surface area contributed by atoms with Crippen LogP contribution in [0.4, 0.5) is 0 Å². The van der Waals surface area contributed by atoms with E-state index in [2.05, 4.69) is 61.1 Å². The lowest BCUT2D eigenvalue weighted by Crippen LogP contribution is -2.19. The van der Waals surface area contributed by atoms with Gasteiger partial charge in [-0.2, -0.15) is 0 Å². The van der Waals surface area contributed by atoms with Gasteiger partial charge in [0.1, 0.15) is 0 Å². The second kappa shape index (κ2) is 16.6. The molecule has 0 amide bonds. The van der Waals surface area contributed by atoms with Crippen LogP contribution in [-0.2, 0) is 0 Å². The van der Waals surface area contributed by atoms with Crippen LogP contribution in [-0.4, -0.2) is 4.90 Å². The molecule has 0 aromatic rings. The van der Waals surface area contributed by atoms with Crippen LogP contribution >= 0.6 is 0 Å². The molecular formula is C29H37N. The predicted molar refractivity (Wildman–Crippen MR) is 138 cm³/mol. The van der Waals surface area contributed by atoms with E-state index in [0.29, 0.717) is 0 Å². The second-order valence-corrected chi connectivity index (χ2v) is 6.23. The third-order valence-corrected chi connectivity index (χ3v) is 4.02. The van der Waals surface area contributed by atoms with Gasteiger partial charge in [0.2, 0.25) is 0 Å². The first-order chi connectivity index (χ1) is 14.5. The summed E-state index contributed by atoms with van der Waals surface area (Å²) >= 11 is 0. The third-order valence-electron chi connectivity index (χ3n) is 4.02. The molecule has 30 heavy (non-hydrogen) atoms. The van der Waals surface area contributed by atoms with Gasteiger partial charge >= 0.3 is 0 Å². The number of allylic oxidation sites excluding steroid dienone is 18. The summed E-state index contributed by atoms with van der Waals surface area (Å²) in [6.45, 7) is 22.1. The molecule has 0 saturated heterocycles. The first-order valence-corrected chi connectivity index (χ1v) is 10.2. The Bertz CT molecular complexity index is 843. The molecule has 0 aromatic carbocycles. The highest BCUT2D eigenvalue weighted by atomic mass is 15.2. The molecule has 1 heteroatoms. The fraction of sp³-hybridized carbons (Fsp3) is 0.172. The van der Waals surface area contributed by atoms with E-state index in [-0.39, 0.29) is 0 Å². The Kier molecular flexibility index (Phi) is 14.8. The molecular weight excluding hydrogens is 362 g/mol. The summed E-state index contributed by atoms with van der Waals surface area (Å²) in [5, 5.41) is 0. The van der Waals surface area contributed by atoms with Crippen molar-refractivity contribution >= 4 is 0 Å². The van der Waals surface area contributed by atoms with Gasteiger partial charge in [0.15, 0.2) is 0 Å². The highest BCUT2D eigenvalue weighted by Crippen LogP contribution is 2.24. The van der Waals surface area contributed by atoms with Crippen molar-refractivity contribution < 1.29 is 0 Å². The fourth-order valence-corrected chi connectivity index (χ4v) is 2.56. The van der Waals surface area contributed by atoms with E-state index in [0.717, 1.165) is 28.2 Å². The largest absolute Gasteiger partial charge is 0.311 e. The molecule has 0 N–H and O–H groups in total. The molecule has 1 nitrogen and oxygen atoms in total. The maximum atomic E-state index is 4.16. The monoisotopic (exact) mass is 399 g/mol. The molecule has 0 atom stereocenters. The molecule has 0 aliphatic carbocycles. The molecule has 0 rings (SSSR count). The number of nitrogens with zero attached hydrogens (tertiary/aromatic N) is 1. The molecule has 0 aliphatic heterocycles. The van der Waals surface area contributed by atoms with Crippen LogP contribution in [0, 0.1) is 0 Å². The zero-order valence-electron chi connectivity index (χ0n) is 19.3. The third kappa shape index (κ3) is 9.75. The van der Waals surface area contributed by atoms with Crippen LogP contribution in [0.5, 0.6) is 0 Å². The van der Waals surface area contributed by atoms with Crippen molar-refractivity contribution in [1.29, 1.82) is 0 Å². The minimum absolute atomic E-state index is 0.913. The van der Waals surface area contributed by atoms with Crippen molar-refractivity contribution in [2.24, 2.45) is 0 Å². The topological polar surface area (TPSA) is 3.24 Å². The van der Waals surface area contributed by atoms with Crippen molar-refractivity contribution in [2.75, 3.05) is 0 Å². The normalized spacial score (nSPS) is 14.7. The molecule has 0 spiro atoms.